The molecule has 4 heteroatoms. The van der Waals surface area contributed by atoms with Gasteiger partial charge in [-0.25, -0.2) is 4.98 Å². The summed E-state index contributed by atoms with van der Waals surface area (Å²) >= 11 is 1.61. The van der Waals surface area contributed by atoms with Crippen LogP contribution in [0.25, 0.3) is 11.3 Å². The maximum atomic E-state index is 9.50. The predicted octanol–water partition coefficient (Wildman–Crippen LogP) is 4.88. The van der Waals surface area contributed by atoms with Gasteiger partial charge in [0.25, 0.3) is 0 Å². The molecule has 0 unspecified atom stereocenters. The molecule has 0 fully saturated rings. The lowest BCUT2D eigenvalue weighted by molar-refractivity contribution is 0.475. The van der Waals surface area contributed by atoms with Crippen molar-refractivity contribution in [2.45, 2.75) is 13.8 Å². The molecule has 2 aromatic carbocycles. The molecule has 0 aliphatic rings. The Bertz CT molecular complexity index is 763. The number of benzene rings is 2. The zero-order valence-electron chi connectivity index (χ0n) is 11.9. The van der Waals surface area contributed by atoms with Crippen LogP contribution < -0.4 is 5.32 Å². The normalized spacial score (nSPS) is 10.6. The van der Waals surface area contributed by atoms with E-state index >= 15 is 0 Å². The maximum Gasteiger partial charge on any atom is 0.187 e. The van der Waals surface area contributed by atoms with Crippen LogP contribution in [0.3, 0.4) is 0 Å². The first-order valence-electron chi connectivity index (χ1n) is 6.72. The highest BCUT2D eigenvalue weighted by molar-refractivity contribution is 7.16. The molecule has 1 aromatic heterocycles. The van der Waals surface area contributed by atoms with Crippen LogP contribution in [-0.4, -0.2) is 10.1 Å². The van der Waals surface area contributed by atoms with Gasteiger partial charge >= 0.3 is 0 Å². The van der Waals surface area contributed by atoms with E-state index < -0.39 is 0 Å². The molecule has 3 nitrogen and oxygen atoms in total. The minimum atomic E-state index is 0.243. The van der Waals surface area contributed by atoms with Crippen molar-refractivity contribution < 1.29 is 5.11 Å². The third-order valence-electron chi connectivity index (χ3n) is 3.22. The molecule has 0 saturated carbocycles. The molecule has 21 heavy (non-hydrogen) atoms. The standard InChI is InChI=1S/C17H16N2OS/c1-11-6-8-13(9-7-11)16-12(2)21-17(19-16)18-14-4-3-5-15(20)10-14/h3-10,20H,1-2H3,(H,18,19). The van der Waals surface area contributed by atoms with Gasteiger partial charge in [-0.05, 0) is 26.0 Å². The lowest BCUT2D eigenvalue weighted by Crippen LogP contribution is -1.89. The lowest BCUT2D eigenvalue weighted by atomic mass is 10.1. The number of aromatic hydroxyl groups is 1. The zero-order valence-corrected chi connectivity index (χ0v) is 12.7. The van der Waals surface area contributed by atoms with Crippen LogP contribution in [0.5, 0.6) is 5.75 Å². The molecule has 0 spiro atoms. The first-order valence-corrected chi connectivity index (χ1v) is 7.54. The highest BCUT2D eigenvalue weighted by atomic mass is 32.1. The third-order valence-corrected chi connectivity index (χ3v) is 4.11. The van der Waals surface area contributed by atoms with E-state index in [0.29, 0.717) is 0 Å². The van der Waals surface area contributed by atoms with Gasteiger partial charge in [0.1, 0.15) is 5.75 Å². The number of rotatable bonds is 3. The quantitative estimate of drug-likeness (QED) is 0.724. The molecule has 0 saturated heterocycles. The molecule has 106 valence electrons. The van der Waals surface area contributed by atoms with Crippen LogP contribution in [0.4, 0.5) is 10.8 Å². The summed E-state index contributed by atoms with van der Waals surface area (Å²) in [6.45, 7) is 4.15. The van der Waals surface area contributed by atoms with Crippen molar-refractivity contribution >= 4 is 22.2 Å². The highest BCUT2D eigenvalue weighted by Crippen LogP contribution is 2.32. The number of thiazole rings is 1. The third kappa shape index (κ3) is 3.06. The Kier molecular flexibility index (Phi) is 3.62. The molecular weight excluding hydrogens is 280 g/mol. The van der Waals surface area contributed by atoms with E-state index in [1.54, 1.807) is 29.5 Å². The van der Waals surface area contributed by atoms with E-state index in [1.807, 2.05) is 6.07 Å². The van der Waals surface area contributed by atoms with Crippen molar-refractivity contribution in [3.05, 3.63) is 59.0 Å². The summed E-state index contributed by atoms with van der Waals surface area (Å²) in [5.41, 5.74) is 4.20. The number of phenolic OH excluding ortho intramolecular Hbond substituents is 1. The number of nitrogens with one attached hydrogen (secondary N) is 1. The number of hydrogen-bond donors (Lipinski definition) is 2. The van der Waals surface area contributed by atoms with Gasteiger partial charge in [-0.1, -0.05) is 35.9 Å². The van der Waals surface area contributed by atoms with Gasteiger partial charge in [0.05, 0.1) is 5.69 Å². The monoisotopic (exact) mass is 296 g/mol. The lowest BCUT2D eigenvalue weighted by Gasteiger charge is -2.02. The van der Waals surface area contributed by atoms with Gasteiger partial charge in [-0.15, -0.1) is 11.3 Å². The molecule has 3 aromatic rings. The van der Waals surface area contributed by atoms with Crippen molar-refractivity contribution in [2.75, 3.05) is 5.32 Å². The summed E-state index contributed by atoms with van der Waals surface area (Å²) in [6.07, 6.45) is 0. The van der Waals surface area contributed by atoms with Crippen molar-refractivity contribution in [3.63, 3.8) is 0 Å². The highest BCUT2D eigenvalue weighted by Gasteiger charge is 2.10. The summed E-state index contributed by atoms with van der Waals surface area (Å²) in [6, 6.07) is 15.4. The molecule has 0 amide bonds. The van der Waals surface area contributed by atoms with Gasteiger partial charge in [-0.2, -0.15) is 0 Å². The van der Waals surface area contributed by atoms with Gasteiger partial charge in [-0.3, -0.25) is 0 Å². The Morgan fingerprint density at radius 3 is 2.52 bits per heavy atom. The smallest absolute Gasteiger partial charge is 0.187 e. The molecule has 1 heterocycles. The Morgan fingerprint density at radius 2 is 1.81 bits per heavy atom. The minimum absolute atomic E-state index is 0.243. The molecule has 3 rings (SSSR count). The Labute approximate surface area is 127 Å². The molecular formula is C17H16N2OS. The van der Waals surface area contributed by atoms with Crippen molar-refractivity contribution in [3.8, 4) is 17.0 Å². The van der Waals surface area contributed by atoms with Crippen LogP contribution in [0, 0.1) is 13.8 Å². The van der Waals surface area contributed by atoms with Gasteiger partial charge in [0.15, 0.2) is 5.13 Å². The first kappa shape index (κ1) is 13.6. The van der Waals surface area contributed by atoms with Gasteiger partial charge < -0.3 is 10.4 Å². The fourth-order valence-corrected chi connectivity index (χ4v) is 2.99. The van der Waals surface area contributed by atoms with E-state index in [2.05, 4.69) is 48.4 Å². The fraction of sp³-hybridized carbons (Fsp3) is 0.118. The zero-order chi connectivity index (χ0) is 14.8. The minimum Gasteiger partial charge on any atom is -0.508 e. The van der Waals surface area contributed by atoms with Crippen molar-refractivity contribution in [1.29, 1.82) is 0 Å². The molecule has 0 aliphatic carbocycles. The van der Waals surface area contributed by atoms with Crippen molar-refractivity contribution in [2.24, 2.45) is 0 Å². The summed E-state index contributed by atoms with van der Waals surface area (Å²) in [5.74, 6) is 0.243. The van der Waals surface area contributed by atoms with Gasteiger partial charge in [0, 0.05) is 22.2 Å². The van der Waals surface area contributed by atoms with Crippen LogP contribution in [0.15, 0.2) is 48.5 Å². The largest absolute Gasteiger partial charge is 0.508 e. The number of anilines is 2. The summed E-state index contributed by atoms with van der Waals surface area (Å²) in [5, 5.41) is 13.6. The van der Waals surface area contributed by atoms with Crippen molar-refractivity contribution in [1.82, 2.24) is 4.98 Å². The average molecular weight is 296 g/mol. The summed E-state index contributed by atoms with van der Waals surface area (Å²) < 4.78 is 0. The fourth-order valence-electron chi connectivity index (χ4n) is 2.14. The summed E-state index contributed by atoms with van der Waals surface area (Å²) in [7, 11) is 0. The molecule has 2 N–H and O–H groups in total. The molecule has 0 aliphatic heterocycles. The Hall–Kier alpha value is -2.33. The van der Waals surface area contributed by atoms with E-state index in [9.17, 15) is 5.11 Å². The number of hydrogen-bond acceptors (Lipinski definition) is 4. The number of aromatic nitrogens is 1. The van der Waals surface area contributed by atoms with E-state index in [1.165, 1.54) is 10.4 Å². The average Bonchev–Trinajstić information content (AvgIpc) is 2.80. The van der Waals surface area contributed by atoms with Crippen LogP contribution in [-0.2, 0) is 0 Å². The second kappa shape index (κ2) is 5.58. The number of aryl methyl sites for hydroxylation is 2. The number of phenols is 1. The van der Waals surface area contributed by atoms with E-state index in [0.717, 1.165) is 22.1 Å². The van der Waals surface area contributed by atoms with E-state index in [-0.39, 0.29) is 5.75 Å². The maximum absolute atomic E-state index is 9.50. The van der Waals surface area contributed by atoms with Crippen LogP contribution >= 0.6 is 11.3 Å². The Balaban J connectivity index is 1.89. The SMILES string of the molecule is Cc1ccc(-c2nc(Nc3cccc(O)c3)sc2C)cc1. The summed E-state index contributed by atoms with van der Waals surface area (Å²) in [4.78, 5) is 5.83. The second-order valence-electron chi connectivity index (χ2n) is 4.97. The van der Waals surface area contributed by atoms with Gasteiger partial charge in [0.2, 0.25) is 0 Å². The molecule has 0 radical (unpaired) electrons. The first-order chi connectivity index (χ1) is 10.1. The topological polar surface area (TPSA) is 45.2 Å². The van der Waals surface area contributed by atoms with Crippen LogP contribution in [0.1, 0.15) is 10.4 Å². The van der Waals surface area contributed by atoms with Crippen LogP contribution in [0.2, 0.25) is 0 Å². The van der Waals surface area contributed by atoms with E-state index in [4.69, 9.17) is 0 Å². The second-order valence-corrected chi connectivity index (χ2v) is 6.17. The molecule has 0 bridgehead atoms. The Morgan fingerprint density at radius 1 is 1.05 bits per heavy atom. The molecule has 0 atom stereocenters. The number of nitrogens with zero attached hydrogens (tertiary/aromatic N) is 1. The predicted molar refractivity (Wildman–Crippen MR) is 88.4 cm³/mol.